The summed E-state index contributed by atoms with van der Waals surface area (Å²) in [6.07, 6.45) is 0.978. The van der Waals surface area contributed by atoms with Gasteiger partial charge in [0.1, 0.15) is 18.3 Å². The molecule has 2 atom stereocenters. The third-order valence-corrected chi connectivity index (χ3v) is 9.22. The van der Waals surface area contributed by atoms with Crippen molar-refractivity contribution in [3.05, 3.63) is 88.4 Å². The number of halogens is 2. The lowest BCUT2D eigenvalue weighted by Gasteiger charge is -2.34. The number of sulfonamides is 1. The van der Waals surface area contributed by atoms with Crippen LogP contribution in [0.4, 0.5) is 5.69 Å². The fraction of sp³-hybridized carbons (Fsp3) is 0.333. The van der Waals surface area contributed by atoms with Crippen LogP contribution in [-0.4, -0.2) is 50.9 Å². The van der Waals surface area contributed by atoms with E-state index in [0.717, 1.165) is 4.31 Å². The first kappa shape index (κ1) is 32.2. The van der Waals surface area contributed by atoms with Gasteiger partial charge in [-0.1, -0.05) is 67.4 Å². The highest BCUT2D eigenvalue weighted by Crippen LogP contribution is 2.30. The van der Waals surface area contributed by atoms with Gasteiger partial charge in [0.05, 0.1) is 17.7 Å². The number of carbonyl (C=O) groups is 2. The summed E-state index contributed by atoms with van der Waals surface area (Å²) in [5, 5.41) is 3.60. The van der Waals surface area contributed by atoms with Gasteiger partial charge in [0.25, 0.3) is 10.0 Å². The molecular formula is C30H35Cl2N3O5S. The van der Waals surface area contributed by atoms with Crippen molar-refractivity contribution in [2.45, 2.75) is 57.1 Å². The Morgan fingerprint density at radius 2 is 1.56 bits per heavy atom. The number of amides is 2. The summed E-state index contributed by atoms with van der Waals surface area (Å²) in [5.41, 5.74) is 0.687. The number of carbonyl (C=O) groups excluding carboxylic acids is 2. The van der Waals surface area contributed by atoms with Gasteiger partial charge in [-0.25, -0.2) is 8.42 Å². The summed E-state index contributed by atoms with van der Waals surface area (Å²) in [6, 6.07) is 18.2. The second kappa shape index (κ2) is 14.6. The van der Waals surface area contributed by atoms with E-state index >= 15 is 0 Å². The molecule has 0 aliphatic heterocycles. The first-order valence-corrected chi connectivity index (χ1v) is 15.5. The Kier molecular flexibility index (Phi) is 11.5. The van der Waals surface area contributed by atoms with Crippen LogP contribution in [0.3, 0.4) is 0 Å². The molecule has 2 amide bonds. The van der Waals surface area contributed by atoms with E-state index in [-0.39, 0.29) is 35.5 Å². The van der Waals surface area contributed by atoms with E-state index in [4.69, 9.17) is 27.9 Å². The second-order valence-electron chi connectivity index (χ2n) is 9.49. The number of hydrogen-bond acceptors (Lipinski definition) is 5. The van der Waals surface area contributed by atoms with Crippen molar-refractivity contribution in [3.8, 4) is 5.75 Å². The van der Waals surface area contributed by atoms with Crippen molar-refractivity contribution in [2.24, 2.45) is 0 Å². The highest BCUT2D eigenvalue weighted by Gasteiger charge is 2.34. The molecule has 3 aromatic carbocycles. The topological polar surface area (TPSA) is 96.0 Å². The third kappa shape index (κ3) is 7.93. The summed E-state index contributed by atoms with van der Waals surface area (Å²) in [4.78, 5) is 28.9. The minimum atomic E-state index is -4.19. The standard InChI is InChI=1S/C30H35Cl2N3O5S/c1-5-21(3)33-30(37)28(6-2)34(19-25-26(31)16-11-17-27(25)32)29(36)20-35(22-12-10-13-23(18-22)40-4)41(38,39)24-14-8-7-9-15-24/h7-18,21,28H,5-6,19-20H2,1-4H3,(H,33,37)/t21-,28-/m0/s1. The monoisotopic (exact) mass is 619 g/mol. The number of rotatable bonds is 13. The highest BCUT2D eigenvalue weighted by atomic mass is 35.5. The summed E-state index contributed by atoms with van der Waals surface area (Å²) in [5.74, 6) is -0.533. The second-order valence-corrected chi connectivity index (χ2v) is 12.2. The maximum atomic E-state index is 14.2. The lowest BCUT2D eigenvalue weighted by Crippen LogP contribution is -2.53. The maximum Gasteiger partial charge on any atom is 0.264 e. The largest absolute Gasteiger partial charge is 0.497 e. The number of nitrogens with zero attached hydrogens (tertiary/aromatic N) is 2. The summed E-state index contributed by atoms with van der Waals surface area (Å²) in [6.45, 7) is 4.92. The van der Waals surface area contributed by atoms with Gasteiger partial charge >= 0.3 is 0 Å². The summed E-state index contributed by atoms with van der Waals surface area (Å²) in [7, 11) is -2.73. The molecule has 0 radical (unpaired) electrons. The maximum absolute atomic E-state index is 14.2. The van der Waals surface area contributed by atoms with Crippen LogP contribution < -0.4 is 14.4 Å². The SMILES string of the molecule is CC[C@H](C)NC(=O)[C@H](CC)N(Cc1c(Cl)cccc1Cl)C(=O)CN(c1cccc(OC)c1)S(=O)(=O)c1ccccc1. The molecule has 0 saturated heterocycles. The molecule has 0 unspecified atom stereocenters. The molecule has 8 nitrogen and oxygen atoms in total. The third-order valence-electron chi connectivity index (χ3n) is 6.73. The van der Waals surface area contributed by atoms with Crippen LogP contribution in [-0.2, 0) is 26.2 Å². The highest BCUT2D eigenvalue weighted by molar-refractivity contribution is 7.92. The Hall–Kier alpha value is -3.27. The summed E-state index contributed by atoms with van der Waals surface area (Å²) >= 11 is 12.9. The lowest BCUT2D eigenvalue weighted by atomic mass is 10.1. The first-order valence-electron chi connectivity index (χ1n) is 13.3. The number of anilines is 1. The van der Waals surface area contributed by atoms with E-state index in [1.807, 2.05) is 13.8 Å². The number of ether oxygens (including phenoxy) is 1. The zero-order valence-electron chi connectivity index (χ0n) is 23.5. The fourth-order valence-corrected chi connectivity index (χ4v) is 6.17. The van der Waals surface area contributed by atoms with Crippen LogP contribution in [0, 0.1) is 0 Å². The molecule has 11 heteroatoms. The van der Waals surface area contributed by atoms with Crippen LogP contribution in [0.15, 0.2) is 77.7 Å². The van der Waals surface area contributed by atoms with Crippen LogP contribution in [0.5, 0.6) is 5.75 Å². The quantitative estimate of drug-likeness (QED) is 0.256. The van der Waals surface area contributed by atoms with E-state index in [9.17, 15) is 18.0 Å². The Labute approximate surface area is 252 Å². The molecule has 0 spiro atoms. The van der Waals surface area contributed by atoms with Gasteiger partial charge in [0.15, 0.2) is 0 Å². The average Bonchev–Trinajstić information content (AvgIpc) is 2.97. The van der Waals surface area contributed by atoms with E-state index in [0.29, 0.717) is 27.8 Å². The van der Waals surface area contributed by atoms with Gasteiger partial charge in [0.2, 0.25) is 11.8 Å². The Balaban J connectivity index is 2.11. The summed E-state index contributed by atoms with van der Waals surface area (Å²) < 4.78 is 34.2. The Morgan fingerprint density at radius 1 is 0.927 bits per heavy atom. The number of hydrogen-bond donors (Lipinski definition) is 1. The molecule has 41 heavy (non-hydrogen) atoms. The molecule has 3 aromatic rings. The predicted octanol–water partition coefficient (Wildman–Crippen LogP) is 5.92. The van der Waals surface area contributed by atoms with Crippen LogP contribution in [0.1, 0.15) is 39.2 Å². The molecule has 0 aromatic heterocycles. The lowest BCUT2D eigenvalue weighted by molar-refractivity contribution is -0.140. The van der Waals surface area contributed by atoms with E-state index in [2.05, 4.69) is 5.32 Å². The molecule has 0 saturated carbocycles. The van der Waals surface area contributed by atoms with Crippen LogP contribution in [0.25, 0.3) is 0 Å². The molecular weight excluding hydrogens is 585 g/mol. The van der Waals surface area contributed by atoms with Gasteiger partial charge in [-0.2, -0.15) is 0 Å². The molecule has 0 heterocycles. The van der Waals surface area contributed by atoms with Crippen LogP contribution in [0.2, 0.25) is 10.0 Å². The number of benzene rings is 3. The molecule has 1 N–H and O–H groups in total. The number of methoxy groups -OCH3 is 1. The van der Waals surface area contributed by atoms with Gasteiger partial charge < -0.3 is 15.0 Å². The van der Waals surface area contributed by atoms with Gasteiger partial charge in [-0.15, -0.1) is 0 Å². The van der Waals surface area contributed by atoms with Gasteiger partial charge in [-0.05, 0) is 56.2 Å². The van der Waals surface area contributed by atoms with Crippen molar-refractivity contribution >= 4 is 50.7 Å². The molecule has 0 fully saturated rings. The normalized spacial score (nSPS) is 12.7. The van der Waals surface area contributed by atoms with Crippen molar-refractivity contribution in [3.63, 3.8) is 0 Å². The van der Waals surface area contributed by atoms with E-state index < -0.39 is 28.5 Å². The van der Waals surface area contributed by atoms with Crippen molar-refractivity contribution in [1.29, 1.82) is 0 Å². The zero-order chi connectivity index (χ0) is 30.2. The molecule has 0 aliphatic rings. The van der Waals surface area contributed by atoms with Gasteiger partial charge in [0, 0.05) is 34.3 Å². The number of nitrogens with one attached hydrogen (secondary N) is 1. The predicted molar refractivity (Wildman–Crippen MR) is 163 cm³/mol. The van der Waals surface area contributed by atoms with E-state index in [1.54, 1.807) is 61.5 Å². The van der Waals surface area contributed by atoms with Crippen molar-refractivity contribution < 1.29 is 22.7 Å². The first-order chi connectivity index (χ1) is 19.5. The minimum absolute atomic E-state index is 0.0119. The molecule has 220 valence electrons. The van der Waals surface area contributed by atoms with Gasteiger partial charge in [-0.3, -0.25) is 13.9 Å². The fourth-order valence-electron chi connectivity index (χ4n) is 4.23. The molecule has 0 aliphatic carbocycles. The molecule has 3 rings (SSSR count). The minimum Gasteiger partial charge on any atom is -0.497 e. The Morgan fingerprint density at radius 3 is 2.15 bits per heavy atom. The molecule has 0 bridgehead atoms. The zero-order valence-corrected chi connectivity index (χ0v) is 25.8. The van der Waals surface area contributed by atoms with Crippen LogP contribution >= 0.6 is 23.2 Å². The smallest absolute Gasteiger partial charge is 0.264 e. The Bertz CT molecular complexity index is 1430. The van der Waals surface area contributed by atoms with Crippen molar-refractivity contribution in [1.82, 2.24) is 10.2 Å². The average molecular weight is 621 g/mol. The van der Waals surface area contributed by atoms with E-state index in [1.165, 1.54) is 30.2 Å². The van der Waals surface area contributed by atoms with Crippen molar-refractivity contribution in [2.75, 3.05) is 18.0 Å².